The lowest BCUT2D eigenvalue weighted by atomic mass is 10.0. The van der Waals surface area contributed by atoms with E-state index in [1.165, 1.54) is 20.3 Å². The number of benzene rings is 2. The molecule has 0 unspecified atom stereocenters. The summed E-state index contributed by atoms with van der Waals surface area (Å²) >= 11 is 2.41. The first-order valence-electron chi connectivity index (χ1n) is 5.05. The average molecular weight is 308 g/mol. The summed E-state index contributed by atoms with van der Waals surface area (Å²) in [5, 5.41) is 0. The van der Waals surface area contributed by atoms with Crippen LogP contribution in [0.15, 0.2) is 48.5 Å². The van der Waals surface area contributed by atoms with Crippen LogP contribution < -0.4 is 0 Å². The summed E-state index contributed by atoms with van der Waals surface area (Å²) in [5.41, 5.74) is 4.21. The van der Waals surface area contributed by atoms with Gasteiger partial charge in [0.05, 0.1) is 0 Å². The molecule has 0 aromatic heterocycles. The van der Waals surface area contributed by atoms with Gasteiger partial charge in [-0.15, -0.1) is 0 Å². The van der Waals surface area contributed by atoms with Gasteiger partial charge >= 0.3 is 0 Å². The largest absolute Gasteiger partial charge is 0.0622 e. The standard InChI is InChI=1S/C14H13I/c1-11-6-5-9-14(15)13(11)10-12-7-3-2-4-8-12/h2-9H,10H2,1H3. The highest BCUT2D eigenvalue weighted by Gasteiger charge is 2.03. The van der Waals surface area contributed by atoms with Crippen LogP contribution in [0.2, 0.25) is 0 Å². The highest BCUT2D eigenvalue weighted by Crippen LogP contribution is 2.19. The third-order valence-electron chi connectivity index (χ3n) is 2.58. The van der Waals surface area contributed by atoms with Crippen LogP contribution in [0.1, 0.15) is 16.7 Å². The molecular formula is C14H13I. The summed E-state index contributed by atoms with van der Waals surface area (Å²) in [7, 11) is 0. The minimum Gasteiger partial charge on any atom is -0.0622 e. The number of hydrogen-bond donors (Lipinski definition) is 0. The summed E-state index contributed by atoms with van der Waals surface area (Å²) in [5.74, 6) is 0. The Morgan fingerprint density at radius 1 is 0.933 bits per heavy atom. The van der Waals surface area contributed by atoms with Crippen molar-refractivity contribution >= 4 is 22.6 Å². The Labute approximate surface area is 104 Å². The summed E-state index contributed by atoms with van der Waals surface area (Å²) < 4.78 is 1.36. The van der Waals surface area contributed by atoms with Crippen LogP contribution in [0.5, 0.6) is 0 Å². The van der Waals surface area contributed by atoms with Crippen molar-refractivity contribution in [3.05, 3.63) is 68.8 Å². The molecule has 0 fully saturated rings. The van der Waals surface area contributed by atoms with Crippen LogP contribution in [0, 0.1) is 10.5 Å². The molecule has 76 valence electrons. The Morgan fingerprint density at radius 3 is 2.33 bits per heavy atom. The number of halogens is 1. The minimum atomic E-state index is 1.03. The van der Waals surface area contributed by atoms with Crippen molar-refractivity contribution < 1.29 is 0 Å². The molecule has 0 heterocycles. The van der Waals surface area contributed by atoms with E-state index in [-0.39, 0.29) is 0 Å². The summed E-state index contributed by atoms with van der Waals surface area (Å²) in [6, 6.07) is 17.1. The maximum absolute atomic E-state index is 2.41. The topological polar surface area (TPSA) is 0 Å². The van der Waals surface area contributed by atoms with Crippen LogP contribution in [0.25, 0.3) is 0 Å². The Hall–Kier alpha value is -0.830. The molecule has 0 nitrogen and oxygen atoms in total. The van der Waals surface area contributed by atoms with Gasteiger partial charge in [-0.2, -0.15) is 0 Å². The van der Waals surface area contributed by atoms with Gasteiger partial charge in [-0.3, -0.25) is 0 Å². The van der Waals surface area contributed by atoms with Crippen molar-refractivity contribution in [2.45, 2.75) is 13.3 Å². The van der Waals surface area contributed by atoms with Crippen LogP contribution in [-0.4, -0.2) is 0 Å². The molecule has 0 saturated carbocycles. The fourth-order valence-electron chi connectivity index (χ4n) is 1.69. The third-order valence-corrected chi connectivity index (χ3v) is 3.59. The van der Waals surface area contributed by atoms with Crippen molar-refractivity contribution in [2.75, 3.05) is 0 Å². The zero-order valence-electron chi connectivity index (χ0n) is 8.70. The van der Waals surface area contributed by atoms with E-state index in [1.807, 2.05) is 0 Å². The third kappa shape index (κ3) is 2.59. The Kier molecular flexibility index (Phi) is 3.41. The van der Waals surface area contributed by atoms with Crippen LogP contribution in [0.4, 0.5) is 0 Å². The zero-order valence-corrected chi connectivity index (χ0v) is 10.9. The van der Waals surface area contributed by atoms with Crippen molar-refractivity contribution in [3.63, 3.8) is 0 Å². The zero-order chi connectivity index (χ0) is 10.7. The molecule has 2 aromatic rings. The van der Waals surface area contributed by atoms with Crippen molar-refractivity contribution in [3.8, 4) is 0 Å². The summed E-state index contributed by atoms with van der Waals surface area (Å²) in [4.78, 5) is 0. The molecule has 2 rings (SSSR count). The molecule has 0 saturated heterocycles. The van der Waals surface area contributed by atoms with E-state index in [0.717, 1.165) is 6.42 Å². The Morgan fingerprint density at radius 2 is 1.67 bits per heavy atom. The summed E-state index contributed by atoms with van der Waals surface area (Å²) in [6.07, 6.45) is 1.03. The van der Waals surface area contributed by atoms with E-state index in [4.69, 9.17) is 0 Å². The Bertz CT molecular complexity index is 426. The molecule has 0 amide bonds. The monoisotopic (exact) mass is 308 g/mol. The van der Waals surface area contributed by atoms with E-state index < -0.39 is 0 Å². The number of rotatable bonds is 2. The Balaban J connectivity index is 2.32. The van der Waals surface area contributed by atoms with Gasteiger partial charge in [0.15, 0.2) is 0 Å². The predicted molar refractivity (Wildman–Crippen MR) is 73.1 cm³/mol. The van der Waals surface area contributed by atoms with Crippen LogP contribution in [0.3, 0.4) is 0 Å². The normalized spacial score (nSPS) is 10.3. The molecule has 0 radical (unpaired) electrons. The molecule has 0 spiro atoms. The van der Waals surface area contributed by atoms with Gasteiger partial charge in [0.2, 0.25) is 0 Å². The molecule has 0 aliphatic rings. The second-order valence-electron chi connectivity index (χ2n) is 3.70. The average Bonchev–Trinajstić information content (AvgIpc) is 2.25. The minimum absolute atomic E-state index is 1.03. The van der Waals surface area contributed by atoms with Gasteiger partial charge in [-0.1, -0.05) is 42.5 Å². The molecule has 0 N–H and O–H groups in total. The van der Waals surface area contributed by atoms with Gasteiger partial charge in [0.1, 0.15) is 0 Å². The molecule has 2 aromatic carbocycles. The molecule has 15 heavy (non-hydrogen) atoms. The van der Waals surface area contributed by atoms with Gasteiger partial charge in [0, 0.05) is 3.57 Å². The number of aryl methyl sites for hydroxylation is 1. The van der Waals surface area contributed by atoms with E-state index in [0.29, 0.717) is 0 Å². The molecular weight excluding hydrogens is 295 g/mol. The fourth-order valence-corrected chi connectivity index (χ4v) is 2.51. The molecule has 0 aliphatic heterocycles. The number of hydrogen-bond acceptors (Lipinski definition) is 0. The molecule has 0 atom stereocenters. The first-order valence-corrected chi connectivity index (χ1v) is 6.13. The van der Waals surface area contributed by atoms with Crippen molar-refractivity contribution in [1.82, 2.24) is 0 Å². The second-order valence-corrected chi connectivity index (χ2v) is 4.86. The van der Waals surface area contributed by atoms with Gasteiger partial charge in [-0.25, -0.2) is 0 Å². The lowest BCUT2D eigenvalue weighted by Crippen LogP contribution is -1.94. The summed E-state index contributed by atoms with van der Waals surface area (Å²) in [6.45, 7) is 2.18. The second kappa shape index (κ2) is 4.79. The quantitative estimate of drug-likeness (QED) is 0.730. The smallest absolute Gasteiger partial charge is 0.0168 e. The fraction of sp³-hybridized carbons (Fsp3) is 0.143. The van der Waals surface area contributed by atoms with Crippen LogP contribution >= 0.6 is 22.6 Å². The lowest BCUT2D eigenvalue weighted by Gasteiger charge is -2.08. The lowest BCUT2D eigenvalue weighted by molar-refractivity contribution is 1.14. The van der Waals surface area contributed by atoms with Crippen LogP contribution in [-0.2, 0) is 6.42 Å². The first-order chi connectivity index (χ1) is 7.27. The molecule has 1 heteroatoms. The van der Waals surface area contributed by atoms with Gasteiger partial charge < -0.3 is 0 Å². The highest BCUT2D eigenvalue weighted by atomic mass is 127. The molecule has 0 bridgehead atoms. The van der Waals surface area contributed by atoms with E-state index in [9.17, 15) is 0 Å². The maximum atomic E-state index is 2.41. The van der Waals surface area contributed by atoms with Gasteiger partial charge in [0.25, 0.3) is 0 Å². The van der Waals surface area contributed by atoms with E-state index >= 15 is 0 Å². The van der Waals surface area contributed by atoms with Crippen molar-refractivity contribution in [2.24, 2.45) is 0 Å². The SMILES string of the molecule is Cc1cccc(I)c1Cc1ccccc1. The van der Waals surface area contributed by atoms with Crippen molar-refractivity contribution in [1.29, 1.82) is 0 Å². The van der Waals surface area contributed by atoms with E-state index in [1.54, 1.807) is 0 Å². The predicted octanol–water partition coefficient (Wildman–Crippen LogP) is 4.19. The maximum Gasteiger partial charge on any atom is 0.0168 e. The first kappa shape index (κ1) is 10.7. The molecule has 0 aliphatic carbocycles. The highest BCUT2D eigenvalue weighted by molar-refractivity contribution is 14.1. The van der Waals surface area contributed by atoms with Gasteiger partial charge in [-0.05, 0) is 58.7 Å². The van der Waals surface area contributed by atoms with E-state index in [2.05, 4.69) is 78.0 Å².